The van der Waals surface area contributed by atoms with Gasteiger partial charge in [-0.15, -0.1) is 11.3 Å². The second kappa shape index (κ2) is 5.79. The maximum Gasteiger partial charge on any atom is 0.261 e. The average molecular weight is 306 g/mol. The molecule has 5 heteroatoms. The van der Waals surface area contributed by atoms with Gasteiger partial charge >= 0.3 is 0 Å². The third-order valence-electron chi connectivity index (χ3n) is 4.92. The average Bonchev–Trinajstić information content (AvgIpc) is 3.12. The van der Waals surface area contributed by atoms with Gasteiger partial charge < -0.3 is 10.6 Å². The number of thiophene rings is 1. The van der Waals surface area contributed by atoms with Crippen LogP contribution in [0.4, 0.5) is 5.00 Å². The molecule has 0 spiro atoms. The van der Waals surface area contributed by atoms with E-state index in [1.54, 1.807) is 12.1 Å². The molecule has 1 aromatic rings. The van der Waals surface area contributed by atoms with E-state index in [-0.39, 0.29) is 17.9 Å². The van der Waals surface area contributed by atoms with Gasteiger partial charge in [-0.05, 0) is 56.1 Å². The molecule has 114 valence electrons. The van der Waals surface area contributed by atoms with E-state index in [2.05, 4.69) is 17.6 Å². The summed E-state index contributed by atoms with van der Waals surface area (Å²) >= 11 is 1.33. The maximum atomic E-state index is 12.3. The quantitative estimate of drug-likeness (QED) is 0.897. The molecule has 2 aliphatic carbocycles. The van der Waals surface area contributed by atoms with Crippen LogP contribution in [-0.2, 0) is 4.79 Å². The number of carbonyl (C=O) groups excluding carboxylic acids is 2. The molecule has 3 rings (SSSR count). The van der Waals surface area contributed by atoms with Crippen molar-refractivity contribution in [1.82, 2.24) is 5.32 Å². The molecule has 4 atom stereocenters. The van der Waals surface area contributed by atoms with E-state index in [1.807, 2.05) is 0 Å². The molecule has 2 aliphatic rings. The summed E-state index contributed by atoms with van der Waals surface area (Å²) in [6.45, 7) is 3.60. The van der Waals surface area contributed by atoms with Gasteiger partial charge in [-0.25, -0.2) is 0 Å². The lowest BCUT2D eigenvalue weighted by Gasteiger charge is -2.28. The van der Waals surface area contributed by atoms with E-state index in [4.69, 9.17) is 0 Å². The smallest absolute Gasteiger partial charge is 0.261 e. The zero-order valence-electron chi connectivity index (χ0n) is 12.5. The fourth-order valence-corrected chi connectivity index (χ4v) is 4.85. The molecule has 2 saturated carbocycles. The normalized spacial score (nSPS) is 28.4. The van der Waals surface area contributed by atoms with Gasteiger partial charge in [0.05, 0.1) is 9.88 Å². The first-order valence-electron chi connectivity index (χ1n) is 7.71. The first-order valence-corrected chi connectivity index (χ1v) is 8.53. The van der Waals surface area contributed by atoms with E-state index >= 15 is 0 Å². The highest BCUT2D eigenvalue weighted by atomic mass is 32.1. The van der Waals surface area contributed by atoms with Crippen LogP contribution in [0.3, 0.4) is 0 Å². The third kappa shape index (κ3) is 3.12. The number of hydrogen-bond acceptors (Lipinski definition) is 3. The van der Waals surface area contributed by atoms with Crippen molar-refractivity contribution >= 4 is 28.2 Å². The zero-order chi connectivity index (χ0) is 15.0. The van der Waals surface area contributed by atoms with E-state index in [9.17, 15) is 9.59 Å². The van der Waals surface area contributed by atoms with Crippen molar-refractivity contribution in [3.63, 3.8) is 0 Å². The Morgan fingerprint density at radius 3 is 2.71 bits per heavy atom. The van der Waals surface area contributed by atoms with Crippen LogP contribution in [0, 0.1) is 17.8 Å². The summed E-state index contributed by atoms with van der Waals surface area (Å²) in [5, 5.41) is 6.58. The van der Waals surface area contributed by atoms with Crippen molar-refractivity contribution in [1.29, 1.82) is 0 Å². The van der Waals surface area contributed by atoms with E-state index < -0.39 is 0 Å². The summed E-state index contributed by atoms with van der Waals surface area (Å²) < 4.78 is 0. The minimum atomic E-state index is -0.112. The van der Waals surface area contributed by atoms with Crippen molar-refractivity contribution in [3.05, 3.63) is 17.0 Å². The maximum absolute atomic E-state index is 12.3. The highest BCUT2D eigenvalue weighted by Crippen LogP contribution is 2.49. The van der Waals surface area contributed by atoms with Gasteiger partial charge in [-0.3, -0.25) is 9.59 Å². The van der Waals surface area contributed by atoms with Crippen molar-refractivity contribution in [2.24, 2.45) is 17.8 Å². The summed E-state index contributed by atoms with van der Waals surface area (Å²) in [6.07, 6.45) is 5.35. The standard InChI is InChI=1S/C16H22N2O2S/c1-9(13-8-11-3-4-12(13)7-11)17-16(20)14-5-6-15(21-14)18-10(2)19/h5-6,9,11-13H,3-4,7-8H2,1-2H3,(H,17,20)(H,18,19)/t9-,11-,12-,13-/m0/s1. The SMILES string of the molecule is CC(=O)Nc1ccc(C(=O)N[C@@H](C)[C@@H]2C[C@H]3CC[C@H]2C3)s1. The fraction of sp³-hybridized carbons (Fsp3) is 0.625. The van der Waals surface area contributed by atoms with Crippen LogP contribution in [0.15, 0.2) is 12.1 Å². The lowest BCUT2D eigenvalue weighted by Crippen LogP contribution is -2.39. The lowest BCUT2D eigenvalue weighted by molar-refractivity contribution is -0.114. The number of fused-ring (bicyclic) bond motifs is 2. The monoisotopic (exact) mass is 306 g/mol. The summed E-state index contributed by atoms with van der Waals surface area (Å²) in [5.41, 5.74) is 0. The first kappa shape index (κ1) is 14.6. The van der Waals surface area contributed by atoms with Crippen LogP contribution in [0.2, 0.25) is 0 Å². The third-order valence-corrected chi connectivity index (χ3v) is 5.92. The molecule has 0 saturated heterocycles. The van der Waals surface area contributed by atoms with Gasteiger partial charge in [0, 0.05) is 13.0 Å². The van der Waals surface area contributed by atoms with E-state index in [0.717, 1.165) is 16.8 Å². The van der Waals surface area contributed by atoms with Crippen LogP contribution in [0.5, 0.6) is 0 Å². The largest absolute Gasteiger partial charge is 0.349 e. The molecule has 2 fully saturated rings. The van der Waals surface area contributed by atoms with Gasteiger partial charge in [0.25, 0.3) is 5.91 Å². The van der Waals surface area contributed by atoms with Crippen molar-refractivity contribution in [3.8, 4) is 0 Å². The fourth-order valence-electron chi connectivity index (χ4n) is 3.99. The van der Waals surface area contributed by atoms with Crippen LogP contribution in [0.25, 0.3) is 0 Å². The topological polar surface area (TPSA) is 58.2 Å². The molecule has 0 unspecified atom stereocenters. The number of rotatable bonds is 4. The van der Waals surface area contributed by atoms with Crippen LogP contribution in [0.1, 0.15) is 49.2 Å². The van der Waals surface area contributed by atoms with Crippen molar-refractivity contribution in [2.45, 2.75) is 45.6 Å². The number of hydrogen-bond donors (Lipinski definition) is 2. The molecule has 1 heterocycles. The molecule has 2 bridgehead atoms. The summed E-state index contributed by atoms with van der Waals surface area (Å²) in [7, 11) is 0. The number of amides is 2. The molecule has 1 aromatic heterocycles. The second-order valence-electron chi connectivity index (χ2n) is 6.45. The second-order valence-corrected chi connectivity index (χ2v) is 7.53. The summed E-state index contributed by atoms with van der Waals surface area (Å²) in [6, 6.07) is 3.79. The molecular formula is C16H22N2O2S. The predicted octanol–water partition coefficient (Wildman–Crippen LogP) is 3.26. The van der Waals surface area contributed by atoms with E-state index in [1.165, 1.54) is 43.9 Å². The van der Waals surface area contributed by atoms with Gasteiger partial charge in [-0.2, -0.15) is 0 Å². The van der Waals surface area contributed by atoms with E-state index in [0.29, 0.717) is 10.8 Å². The Hall–Kier alpha value is -1.36. The minimum Gasteiger partial charge on any atom is -0.349 e. The zero-order valence-corrected chi connectivity index (χ0v) is 13.3. The molecular weight excluding hydrogens is 284 g/mol. The highest BCUT2D eigenvalue weighted by molar-refractivity contribution is 7.18. The van der Waals surface area contributed by atoms with Gasteiger partial charge in [0.1, 0.15) is 0 Å². The minimum absolute atomic E-state index is 0.0214. The van der Waals surface area contributed by atoms with Crippen LogP contribution < -0.4 is 10.6 Å². The Morgan fingerprint density at radius 1 is 1.29 bits per heavy atom. The highest BCUT2D eigenvalue weighted by Gasteiger charge is 2.42. The first-order chi connectivity index (χ1) is 10.0. The van der Waals surface area contributed by atoms with Crippen LogP contribution >= 0.6 is 11.3 Å². The van der Waals surface area contributed by atoms with Gasteiger partial charge in [-0.1, -0.05) is 6.42 Å². The summed E-state index contributed by atoms with van der Waals surface area (Å²) in [5.74, 6) is 2.21. The molecule has 0 radical (unpaired) electrons. The lowest BCUT2D eigenvalue weighted by atomic mass is 9.84. The number of anilines is 1. The molecule has 0 aromatic carbocycles. The Balaban J connectivity index is 1.58. The van der Waals surface area contributed by atoms with Gasteiger partial charge in [0.2, 0.25) is 5.91 Å². The number of carbonyl (C=O) groups is 2. The predicted molar refractivity (Wildman–Crippen MR) is 84.5 cm³/mol. The molecule has 2 amide bonds. The van der Waals surface area contributed by atoms with Gasteiger partial charge in [0.15, 0.2) is 0 Å². The molecule has 21 heavy (non-hydrogen) atoms. The van der Waals surface area contributed by atoms with Crippen molar-refractivity contribution < 1.29 is 9.59 Å². The summed E-state index contributed by atoms with van der Waals surface area (Å²) in [4.78, 5) is 24.0. The number of nitrogens with one attached hydrogen (secondary N) is 2. The molecule has 2 N–H and O–H groups in total. The molecule has 0 aliphatic heterocycles. The Morgan fingerprint density at radius 2 is 2.10 bits per heavy atom. The molecule has 4 nitrogen and oxygen atoms in total. The van der Waals surface area contributed by atoms with Crippen LogP contribution in [-0.4, -0.2) is 17.9 Å². The Kier molecular flexibility index (Phi) is 4.02. The Bertz CT molecular complexity index is 554. The van der Waals surface area contributed by atoms with Crippen molar-refractivity contribution in [2.75, 3.05) is 5.32 Å². The Labute approximate surface area is 129 Å².